The second kappa shape index (κ2) is 7.70. The fraction of sp³-hybridized carbons (Fsp3) is 0.929. The molecule has 0 aromatic rings. The number of carboxylic acid groups (broad SMARTS) is 1. The molecule has 3 nitrogen and oxygen atoms in total. The molecule has 1 fully saturated rings. The van der Waals surface area contributed by atoms with Crippen LogP contribution in [0.3, 0.4) is 0 Å². The Morgan fingerprint density at radius 3 is 2.47 bits per heavy atom. The Bertz CT molecular complexity index is 224. The van der Waals surface area contributed by atoms with E-state index >= 15 is 0 Å². The van der Waals surface area contributed by atoms with Crippen LogP contribution in [-0.4, -0.2) is 23.2 Å². The Balaban J connectivity index is 2.40. The van der Waals surface area contributed by atoms with E-state index in [2.05, 4.69) is 19.2 Å². The van der Waals surface area contributed by atoms with E-state index in [-0.39, 0.29) is 5.92 Å². The van der Waals surface area contributed by atoms with Gasteiger partial charge in [-0.2, -0.15) is 0 Å². The molecule has 2 N–H and O–H groups in total. The molecule has 2 atom stereocenters. The van der Waals surface area contributed by atoms with Gasteiger partial charge in [0.1, 0.15) is 0 Å². The van der Waals surface area contributed by atoms with Crippen LogP contribution >= 0.6 is 0 Å². The lowest BCUT2D eigenvalue weighted by atomic mass is 9.85. The lowest BCUT2D eigenvalue weighted by Crippen LogP contribution is -2.42. The average Bonchev–Trinajstić information content (AvgIpc) is 2.30. The average molecular weight is 241 g/mol. The van der Waals surface area contributed by atoms with Gasteiger partial charge in [0.15, 0.2) is 0 Å². The molecule has 0 bridgehead atoms. The maximum atomic E-state index is 11.0. The highest BCUT2D eigenvalue weighted by molar-refractivity contribution is 5.70. The summed E-state index contributed by atoms with van der Waals surface area (Å²) in [4.78, 5) is 11.0. The van der Waals surface area contributed by atoms with E-state index in [4.69, 9.17) is 5.11 Å². The third-order valence-corrected chi connectivity index (χ3v) is 3.77. The summed E-state index contributed by atoms with van der Waals surface area (Å²) in [7, 11) is 0. The van der Waals surface area contributed by atoms with Gasteiger partial charge in [-0.05, 0) is 32.1 Å². The van der Waals surface area contributed by atoms with E-state index in [1.807, 2.05) is 0 Å². The fourth-order valence-electron chi connectivity index (χ4n) is 2.91. The van der Waals surface area contributed by atoms with Gasteiger partial charge in [-0.15, -0.1) is 0 Å². The standard InChI is InChI=1S/C14H27NO2/c1-3-6-12(7-4-2)15-13-9-5-8-11(10-13)14(16)17/h11-13,15H,3-10H2,1-2H3,(H,16,17). The van der Waals surface area contributed by atoms with E-state index in [0.717, 1.165) is 25.7 Å². The lowest BCUT2D eigenvalue weighted by molar-refractivity contribution is -0.143. The number of hydrogen-bond acceptors (Lipinski definition) is 2. The predicted octanol–water partition coefficient (Wildman–Crippen LogP) is 3.19. The Morgan fingerprint density at radius 2 is 1.94 bits per heavy atom. The first-order valence-electron chi connectivity index (χ1n) is 7.16. The topological polar surface area (TPSA) is 49.3 Å². The molecule has 1 saturated carbocycles. The smallest absolute Gasteiger partial charge is 0.306 e. The van der Waals surface area contributed by atoms with Gasteiger partial charge < -0.3 is 10.4 Å². The molecule has 0 spiro atoms. The van der Waals surface area contributed by atoms with Gasteiger partial charge in [0.05, 0.1) is 5.92 Å². The van der Waals surface area contributed by atoms with E-state index in [9.17, 15) is 4.79 Å². The summed E-state index contributed by atoms with van der Waals surface area (Å²) in [5.74, 6) is -0.732. The number of nitrogens with one attached hydrogen (secondary N) is 1. The first-order valence-corrected chi connectivity index (χ1v) is 7.16. The van der Waals surface area contributed by atoms with E-state index in [0.29, 0.717) is 12.1 Å². The Hall–Kier alpha value is -0.570. The molecule has 1 aliphatic carbocycles. The Kier molecular flexibility index (Phi) is 6.56. The van der Waals surface area contributed by atoms with Crippen molar-refractivity contribution < 1.29 is 9.90 Å². The second-order valence-corrected chi connectivity index (χ2v) is 5.34. The van der Waals surface area contributed by atoms with Crippen LogP contribution in [-0.2, 0) is 4.79 Å². The molecule has 100 valence electrons. The van der Waals surface area contributed by atoms with Crippen molar-refractivity contribution in [2.24, 2.45) is 5.92 Å². The minimum absolute atomic E-state index is 0.120. The van der Waals surface area contributed by atoms with Crippen LogP contribution in [0.5, 0.6) is 0 Å². The maximum Gasteiger partial charge on any atom is 0.306 e. The zero-order valence-corrected chi connectivity index (χ0v) is 11.2. The van der Waals surface area contributed by atoms with Crippen LogP contribution in [0.4, 0.5) is 0 Å². The highest BCUT2D eigenvalue weighted by Gasteiger charge is 2.27. The Labute approximate surface area is 105 Å². The summed E-state index contributed by atoms with van der Waals surface area (Å²) in [5, 5.41) is 12.7. The van der Waals surface area contributed by atoms with E-state index < -0.39 is 5.97 Å². The molecule has 0 heterocycles. The predicted molar refractivity (Wildman–Crippen MR) is 70.1 cm³/mol. The van der Waals surface area contributed by atoms with Crippen LogP contribution in [0.25, 0.3) is 0 Å². The third kappa shape index (κ3) is 5.07. The molecule has 2 unspecified atom stereocenters. The zero-order valence-electron chi connectivity index (χ0n) is 11.2. The number of hydrogen-bond donors (Lipinski definition) is 2. The highest BCUT2D eigenvalue weighted by Crippen LogP contribution is 2.25. The normalized spacial score (nSPS) is 25.1. The molecule has 0 radical (unpaired) electrons. The van der Waals surface area contributed by atoms with Crippen molar-refractivity contribution in [1.29, 1.82) is 0 Å². The van der Waals surface area contributed by atoms with Crippen molar-refractivity contribution in [3.63, 3.8) is 0 Å². The van der Waals surface area contributed by atoms with Crippen molar-refractivity contribution >= 4 is 5.97 Å². The number of aliphatic carboxylic acids is 1. The summed E-state index contributed by atoms with van der Waals surface area (Å²) >= 11 is 0. The molecule has 0 aliphatic heterocycles. The third-order valence-electron chi connectivity index (χ3n) is 3.77. The summed E-state index contributed by atoms with van der Waals surface area (Å²) in [5.41, 5.74) is 0. The van der Waals surface area contributed by atoms with Crippen LogP contribution < -0.4 is 5.32 Å². The molecule has 0 saturated heterocycles. The van der Waals surface area contributed by atoms with Crippen molar-refractivity contribution in [3.8, 4) is 0 Å². The minimum Gasteiger partial charge on any atom is -0.481 e. The lowest BCUT2D eigenvalue weighted by Gasteiger charge is -2.31. The molecular weight excluding hydrogens is 214 g/mol. The molecule has 0 amide bonds. The Morgan fingerprint density at radius 1 is 1.29 bits per heavy atom. The summed E-state index contributed by atoms with van der Waals surface area (Å²) < 4.78 is 0. The maximum absolute atomic E-state index is 11.0. The van der Waals surface area contributed by atoms with Gasteiger partial charge in [-0.1, -0.05) is 33.1 Å². The molecular formula is C14H27NO2. The molecule has 1 aliphatic rings. The summed E-state index contributed by atoms with van der Waals surface area (Å²) in [6.45, 7) is 4.43. The number of carbonyl (C=O) groups is 1. The van der Waals surface area contributed by atoms with Gasteiger partial charge >= 0.3 is 5.97 Å². The first kappa shape index (κ1) is 14.5. The van der Waals surface area contributed by atoms with Crippen molar-refractivity contribution in [2.45, 2.75) is 77.3 Å². The summed E-state index contributed by atoms with van der Waals surface area (Å²) in [6.07, 6.45) is 8.70. The molecule has 0 aromatic carbocycles. The number of rotatable bonds is 7. The van der Waals surface area contributed by atoms with E-state index in [1.54, 1.807) is 0 Å². The quantitative estimate of drug-likeness (QED) is 0.719. The highest BCUT2D eigenvalue weighted by atomic mass is 16.4. The van der Waals surface area contributed by atoms with Crippen LogP contribution in [0, 0.1) is 5.92 Å². The largest absolute Gasteiger partial charge is 0.481 e. The van der Waals surface area contributed by atoms with Crippen LogP contribution in [0.15, 0.2) is 0 Å². The molecule has 3 heteroatoms. The fourth-order valence-corrected chi connectivity index (χ4v) is 2.91. The molecule has 0 aromatic heterocycles. The van der Waals surface area contributed by atoms with Gasteiger partial charge in [-0.25, -0.2) is 0 Å². The van der Waals surface area contributed by atoms with Gasteiger partial charge in [-0.3, -0.25) is 4.79 Å². The van der Waals surface area contributed by atoms with E-state index in [1.165, 1.54) is 25.7 Å². The van der Waals surface area contributed by atoms with Gasteiger partial charge in [0, 0.05) is 12.1 Å². The minimum atomic E-state index is -0.612. The van der Waals surface area contributed by atoms with Gasteiger partial charge in [0.25, 0.3) is 0 Å². The number of carboxylic acids is 1. The van der Waals surface area contributed by atoms with Crippen LogP contribution in [0.2, 0.25) is 0 Å². The zero-order chi connectivity index (χ0) is 12.7. The molecule has 1 rings (SSSR count). The monoisotopic (exact) mass is 241 g/mol. The summed E-state index contributed by atoms with van der Waals surface area (Å²) in [6, 6.07) is 1.01. The molecule has 17 heavy (non-hydrogen) atoms. The van der Waals surface area contributed by atoms with Gasteiger partial charge in [0.2, 0.25) is 0 Å². The SMILES string of the molecule is CCCC(CCC)NC1CCCC(C(=O)O)C1. The van der Waals surface area contributed by atoms with Crippen molar-refractivity contribution in [3.05, 3.63) is 0 Å². The first-order chi connectivity index (χ1) is 8.17. The van der Waals surface area contributed by atoms with Crippen molar-refractivity contribution in [2.75, 3.05) is 0 Å². The van der Waals surface area contributed by atoms with Crippen molar-refractivity contribution in [1.82, 2.24) is 5.32 Å². The van der Waals surface area contributed by atoms with Crippen LogP contribution in [0.1, 0.15) is 65.2 Å². The second-order valence-electron chi connectivity index (χ2n) is 5.34.